The van der Waals surface area contributed by atoms with Gasteiger partial charge in [0.2, 0.25) is 0 Å². The number of amides is 1. The molecule has 1 aromatic rings. The molecule has 0 bridgehead atoms. The fourth-order valence-corrected chi connectivity index (χ4v) is 2.31. The van der Waals surface area contributed by atoms with Crippen LogP contribution in [0.1, 0.15) is 6.92 Å². The van der Waals surface area contributed by atoms with Gasteiger partial charge >= 0.3 is 6.09 Å². The lowest BCUT2D eigenvalue weighted by molar-refractivity contribution is 0.198. The van der Waals surface area contributed by atoms with Crippen molar-refractivity contribution in [3.63, 3.8) is 0 Å². The predicted molar refractivity (Wildman–Crippen MR) is 64.8 cm³/mol. The lowest BCUT2D eigenvalue weighted by Crippen LogP contribution is -2.39. The first-order valence-electron chi connectivity index (χ1n) is 5.08. The molecule has 5 nitrogen and oxygen atoms in total. The number of hydrogen-bond acceptors (Lipinski definition) is 4. The quantitative estimate of drug-likeness (QED) is 0.880. The normalized spacial score (nSPS) is 12.8. The van der Waals surface area contributed by atoms with E-state index in [1.54, 1.807) is 37.3 Å². The third-order valence-corrected chi connectivity index (χ3v) is 2.98. The van der Waals surface area contributed by atoms with E-state index in [-0.39, 0.29) is 5.75 Å². The lowest BCUT2D eigenvalue weighted by atomic mass is 10.3. The maximum Gasteiger partial charge on any atom is 0.412 e. The number of carbonyl (C=O) groups excluding carboxylic acids is 1. The van der Waals surface area contributed by atoms with Gasteiger partial charge in [0, 0.05) is 12.3 Å². The molecule has 0 heterocycles. The topological polar surface area (TPSA) is 72.5 Å². The first kappa shape index (κ1) is 13.5. The Labute approximate surface area is 101 Å². The van der Waals surface area contributed by atoms with Crippen LogP contribution in [0.5, 0.6) is 5.75 Å². The Morgan fingerprint density at radius 2 is 1.94 bits per heavy atom. The minimum absolute atomic E-state index is 0.114. The molecule has 1 atom stereocenters. The van der Waals surface area contributed by atoms with Crippen LogP contribution < -0.4 is 10.1 Å². The van der Waals surface area contributed by atoms with Crippen LogP contribution in [-0.2, 0) is 9.84 Å². The van der Waals surface area contributed by atoms with Crippen LogP contribution in [0.25, 0.3) is 0 Å². The van der Waals surface area contributed by atoms with Crippen molar-refractivity contribution < 1.29 is 17.9 Å². The molecule has 0 fully saturated rings. The second-order valence-corrected chi connectivity index (χ2v) is 6.03. The smallest absolute Gasteiger partial charge is 0.410 e. The molecule has 6 heteroatoms. The van der Waals surface area contributed by atoms with Crippen molar-refractivity contribution in [3.05, 3.63) is 30.3 Å². The second kappa shape index (κ2) is 5.67. The number of ether oxygens (including phenoxy) is 1. The molecule has 94 valence electrons. The molecule has 0 aromatic heterocycles. The summed E-state index contributed by atoms with van der Waals surface area (Å²) in [6, 6.07) is 8.07. The number of benzene rings is 1. The molecule has 1 amide bonds. The summed E-state index contributed by atoms with van der Waals surface area (Å²) < 4.78 is 26.9. The highest BCUT2D eigenvalue weighted by molar-refractivity contribution is 7.90. The van der Waals surface area contributed by atoms with Gasteiger partial charge in [0.1, 0.15) is 15.6 Å². The van der Waals surface area contributed by atoms with Gasteiger partial charge in [-0.3, -0.25) is 0 Å². The third-order valence-electron chi connectivity index (χ3n) is 1.87. The van der Waals surface area contributed by atoms with E-state index < -0.39 is 22.0 Å². The Morgan fingerprint density at radius 3 is 2.47 bits per heavy atom. The van der Waals surface area contributed by atoms with Gasteiger partial charge in [-0.05, 0) is 19.1 Å². The van der Waals surface area contributed by atoms with E-state index >= 15 is 0 Å². The molecule has 1 unspecified atom stereocenters. The molecule has 17 heavy (non-hydrogen) atoms. The largest absolute Gasteiger partial charge is 0.412 e. The summed E-state index contributed by atoms with van der Waals surface area (Å²) >= 11 is 0. The third kappa shape index (κ3) is 5.91. The van der Waals surface area contributed by atoms with Gasteiger partial charge in [0.05, 0.1) is 5.75 Å². The molecule has 1 aromatic carbocycles. The van der Waals surface area contributed by atoms with E-state index in [2.05, 4.69) is 5.32 Å². The van der Waals surface area contributed by atoms with Crippen molar-refractivity contribution >= 4 is 15.9 Å². The number of sulfone groups is 1. The summed E-state index contributed by atoms with van der Waals surface area (Å²) in [6.07, 6.45) is 0.459. The molecule has 0 saturated heterocycles. The number of hydrogen-bond donors (Lipinski definition) is 1. The molecule has 0 aliphatic heterocycles. The van der Waals surface area contributed by atoms with Crippen LogP contribution in [0.15, 0.2) is 30.3 Å². The molecular weight excluding hydrogens is 242 g/mol. The number of para-hydroxylation sites is 1. The number of rotatable bonds is 4. The van der Waals surface area contributed by atoms with Crippen LogP contribution in [0.3, 0.4) is 0 Å². The van der Waals surface area contributed by atoms with Gasteiger partial charge in [0.15, 0.2) is 0 Å². The fraction of sp³-hybridized carbons (Fsp3) is 0.364. The van der Waals surface area contributed by atoms with Gasteiger partial charge in [-0.2, -0.15) is 0 Å². The Morgan fingerprint density at radius 1 is 1.35 bits per heavy atom. The fourth-order valence-electron chi connectivity index (χ4n) is 1.32. The minimum Gasteiger partial charge on any atom is -0.410 e. The number of carbonyl (C=O) groups is 1. The first-order chi connectivity index (χ1) is 7.87. The molecule has 1 rings (SSSR count). The number of nitrogens with one attached hydrogen (secondary N) is 1. The highest BCUT2D eigenvalue weighted by Gasteiger charge is 2.14. The van der Waals surface area contributed by atoms with E-state index in [9.17, 15) is 13.2 Å². The van der Waals surface area contributed by atoms with E-state index in [1.807, 2.05) is 0 Å². The summed E-state index contributed by atoms with van der Waals surface area (Å²) in [7, 11) is -3.11. The molecule has 0 spiro atoms. The average molecular weight is 257 g/mol. The molecular formula is C11H15NO4S. The van der Waals surface area contributed by atoms with Crippen LogP contribution in [0.2, 0.25) is 0 Å². The second-order valence-electron chi connectivity index (χ2n) is 3.84. The van der Waals surface area contributed by atoms with Gasteiger partial charge in [-0.25, -0.2) is 13.2 Å². The molecule has 0 aliphatic carbocycles. The summed E-state index contributed by atoms with van der Waals surface area (Å²) in [4.78, 5) is 11.4. The maximum atomic E-state index is 11.4. The molecule has 1 N–H and O–H groups in total. The van der Waals surface area contributed by atoms with Gasteiger partial charge in [-0.15, -0.1) is 0 Å². The van der Waals surface area contributed by atoms with Crippen molar-refractivity contribution in [2.24, 2.45) is 0 Å². The van der Waals surface area contributed by atoms with Gasteiger partial charge < -0.3 is 10.1 Å². The van der Waals surface area contributed by atoms with E-state index in [1.165, 1.54) is 0 Å². The zero-order valence-corrected chi connectivity index (χ0v) is 10.5. The van der Waals surface area contributed by atoms with Crippen molar-refractivity contribution in [2.45, 2.75) is 13.0 Å². The van der Waals surface area contributed by atoms with Crippen molar-refractivity contribution in [3.8, 4) is 5.75 Å². The van der Waals surface area contributed by atoms with Crippen molar-refractivity contribution in [1.29, 1.82) is 0 Å². The summed E-state index contributed by atoms with van der Waals surface area (Å²) in [6.45, 7) is 1.60. The standard InChI is InChI=1S/C11H15NO4S/c1-9(8-17(2,14)15)12-11(13)16-10-6-4-3-5-7-10/h3-7,9H,8H2,1-2H3,(H,12,13). The molecule has 0 aliphatic rings. The van der Waals surface area contributed by atoms with Crippen LogP contribution in [-0.4, -0.2) is 32.6 Å². The summed E-state index contributed by atoms with van der Waals surface area (Å²) in [5.74, 6) is 0.299. The Kier molecular flexibility index (Phi) is 4.51. The van der Waals surface area contributed by atoms with Crippen molar-refractivity contribution in [1.82, 2.24) is 5.32 Å². The first-order valence-corrected chi connectivity index (χ1v) is 7.14. The summed E-state index contributed by atoms with van der Waals surface area (Å²) in [5, 5.41) is 2.44. The van der Waals surface area contributed by atoms with Crippen LogP contribution >= 0.6 is 0 Å². The highest BCUT2D eigenvalue weighted by atomic mass is 32.2. The summed E-state index contributed by atoms with van der Waals surface area (Å²) in [5.41, 5.74) is 0. The Bertz CT molecular complexity index is 470. The van der Waals surface area contributed by atoms with Crippen LogP contribution in [0.4, 0.5) is 4.79 Å². The minimum atomic E-state index is -3.11. The SMILES string of the molecule is CC(CS(C)(=O)=O)NC(=O)Oc1ccccc1. The lowest BCUT2D eigenvalue weighted by Gasteiger charge is -2.12. The Hall–Kier alpha value is -1.56. The van der Waals surface area contributed by atoms with Crippen molar-refractivity contribution in [2.75, 3.05) is 12.0 Å². The van der Waals surface area contributed by atoms with Gasteiger partial charge in [0.25, 0.3) is 0 Å². The average Bonchev–Trinajstić information content (AvgIpc) is 2.15. The molecule has 0 radical (unpaired) electrons. The van der Waals surface area contributed by atoms with Crippen LogP contribution in [0, 0.1) is 0 Å². The predicted octanol–water partition coefficient (Wildman–Crippen LogP) is 1.21. The zero-order valence-electron chi connectivity index (χ0n) is 9.71. The molecule has 0 saturated carbocycles. The van der Waals surface area contributed by atoms with E-state index in [0.717, 1.165) is 6.26 Å². The maximum absolute atomic E-state index is 11.4. The van der Waals surface area contributed by atoms with Gasteiger partial charge in [-0.1, -0.05) is 18.2 Å². The van der Waals surface area contributed by atoms with E-state index in [4.69, 9.17) is 4.74 Å². The zero-order chi connectivity index (χ0) is 12.9. The highest BCUT2D eigenvalue weighted by Crippen LogP contribution is 2.08. The Balaban J connectivity index is 2.45. The van der Waals surface area contributed by atoms with E-state index in [0.29, 0.717) is 5.75 Å². The monoisotopic (exact) mass is 257 g/mol.